The van der Waals surface area contributed by atoms with Crippen LogP contribution in [-0.2, 0) is 0 Å². The summed E-state index contributed by atoms with van der Waals surface area (Å²) in [6, 6.07) is 66.6. The molecular formula is C50H36N2S. The summed E-state index contributed by atoms with van der Waals surface area (Å²) in [4.78, 5) is 2.43. The first-order valence-corrected chi connectivity index (χ1v) is 19.0. The molecule has 0 bridgehead atoms. The van der Waals surface area contributed by atoms with Gasteiger partial charge in [0.05, 0.1) is 11.0 Å². The Hall–Kier alpha value is -6.42. The summed E-state index contributed by atoms with van der Waals surface area (Å²) in [6.45, 7) is 4.40. The van der Waals surface area contributed by atoms with E-state index < -0.39 is 0 Å². The largest absolute Gasteiger partial charge is 0.310 e. The fourth-order valence-electron chi connectivity index (χ4n) is 8.11. The van der Waals surface area contributed by atoms with E-state index in [1.807, 2.05) is 11.3 Å². The molecule has 2 aromatic heterocycles. The summed E-state index contributed by atoms with van der Waals surface area (Å²) in [5.74, 6) is 0. The Labute approximate surface area is 313 Å². The lowest BCUT2D eigenvalue weighted by Crippen LogP contribution is -2.10. The Morgan fingerprint density at radius 3 is 1.85 bits per heavy atom. The van der Waals surface area contributed by atoms with E-state index in [1.54, 1.807) is 0 Å². The van der Waals surface area contributed by atoms with E-state index in [1.165, 1.54) is 75.4 Å². The van der Waals surface area contributed by atoms with Crippen LogP contribution in [0.1, 0.15) is 11.1 Å². The van der Waals surface area contributed by atoms with E-state index >= 15 is 0 Å². The van der Waals surface area contributed by atoms with Crippen LogP contribution in [0, 0.1) is 13.8 Å². The minimum atomic E-state index is 1.13. The summed E-state index contributed by atoms with van der Waals surface area (Å²) in [5.41, 5.74) is 14.4. The molecule has 10 aromatic rings. The molecule has 2 heterocycles. The lowest BCUT2D eigenvalue weighted by molar-refractivity contribution is 1.18. The molecule has 0 atom stereocenters. The van der Waals surface area contributed by atoms with Gasteiger partial charge >= 0.3 is 0 Å². The second kappa shape index (κ2) is 12.7. The van der Waals surface area contributed by atoms with E-state index in [4.69, 9.17) is 0 Å². The van der Waals surface area contributed by atoms with Gasteiger partial charge in [-0.25, -0.2) is 0 Å². The summed E-state index contributed by atoms with van der Waals surface area (Å²) in [6.07, 6.45) is 0. The molecule has 0 saturated carbocycles. The highest BCUT2D eigenvalue weighted by Crippen LogP contribution is 2.46. The van der Waals surface area contributed by atoms with Gasteiger partial charge in [0.15, 0.2) is 0 Å². The van der Waals surface area contributed by atoms with E-state index in [0.717, 1.165) is 22.7 Å². The van der Waals surface area contributed by atoms with Crippen molar-refractivity contribution in [3.05, 3.63) is 193 Å². The molecule has 2 nitrogen and oxygen atoms in total. The van der Waals surface area contributed by atoms with Gasteiger partial charge in [-0.1, -0.05) is 115 Å². The van der Waals surface area contributed by atoms with Crippen LogP contribution in [0.2, 0.25) is 0 Å². The van der Waals surface area contributed by atoms with Gasteiger partial charge in [-0.3, -0.25) is 0 Å². The number of anilines is 3. The van der Waals surface area contributed by atoms with E-state index in [2.05, 4.69) is 205 Å². The average molecular weight is 697 g/mol. The number of nitrogens with zero attached hydrogens (tertiary/aromatic N) is 2. The van der Waals surface area contributed by atoms with Gasteiger partial charge in [-0.05, 0) is 108 Å². The third kappa shape index (κ3) is 5.32. The standard InChI is InChI=1S/C50H36N2S/c1-33-14-12-18-37(28-33)51(39-26-27-41(34(2)29-39)35-15-4-3-5-16-35)40-31-45(50-46(32-40)44-22-8-11-25-49(44)53-50)36-17-13-19-38(30-36)52-47-23-9-6-20-42(47)43-21-7-10-24-48(43)52/h3-32H,1-2H3. The Morgan fingerprint density at radius 1 is 0.434 bits per heavy atom. The van der Waals surface area contributed by atoms with Crippen LogP contribution in [0.4, 0.5) is 17.1 Å². The molecule has 3 heteroatoms. The van der Waals surface area contributed by atoms with Crippen molar-refractivity contribution < 1.29 is 0 Å². The van der Waals surface area contributed by atoms with Crippen LogP contribution >= 0.6 is 11.3 Å². The van der Waals surface area contributed by atoms with Crippen LogP contribution in [0.3, 0.4) is 0 Å². The van der Waals surface area contributed by atoms with Gasteiger partial charge in [0.2, 0.25) is 0 Å². The van der Waals surface area contributed by atoms with Gasteiger partial charge in [0, 0.05) is 59.3 Å². The van der Waals surface area contributed by atoms with Gasteiger partial charge < -0.3 is 9.47 Å². The third-order valence-electron chi connectivity index (χ3n) is 10.5. The number of rotatable bonds is 6. The topological polar surface area (TPSA) is 8.17 Å². The Morgan fingerprint density at radius 2 is 1.09 bits per heavy atom. The van der Waals surface area contributed by atoms with Gasteiger partial charge in [0.1, 0.15) is 0 Å². The highest BCUT2D eigenvalue weighted by molar-refractivity contribution is 7.26. The van der Waals surface area contributed by atoms with Gasteiger partial charge in [-0.15, -0.1) is 11.3 Å². The maximum absolute atomic E-state index is 2.43. The highest BCUT2D eigenvalue weighted by atomic mass is 32.1. The number of benzene rings is 8. The van der Waals surface area contributed by atoms with E-state index in [0.29, 0.717) is 0 Å². The molecule has 8 aromatic carbocycles. The number of hydrogen-bond donors (Lipinski definition) is 0. The second-order valence-electron chi connectivity index (χ2n) is 13.9. The van der Waals surface area contributed by atoms with Crippen LogP contribution < -0.4 is 4.90 Å². The van der Waals surface area contributed by atoms with Crippen LogP contribution in [0.5, 0.6) is 0 Å². The second-order valence-corrected chi connectivity index (χ2v) is 15.0. The van der Waals surface area contributed by atoms with Gasteiger partial charge in [0.25, 0.3) is 0 Å². The maximum Gasteiger partial charge on any atom is 0.0541 e. The lowest BCUT2D eigenvalue weighted by Gasteiger charge is -2.27. The molecule has 252 valence electrons. The van der Waals surface area contributed by atoms with Crippen molar-refractivity contribution in [2.24, 2.45) is 0 Å². The van der Waals surface area contributed by atoms with Gasteiger partial charge in [-0.2, -0.15) is 0 Å². The van der Waals surface area contributed by atoms with Crippen LogP contribution in [-0.4, -0.2) is 4.57 Å². The molecule has 10 rings (SSSR count). The molecule has 0 saturated heterocycles. The van der Waals surface area contributed by atoms with E-state index in [9.17, 15) is 0 Å². The summed E-state index contributed by atoms with van der Waals surface area (Å²) < 4.78 is 5.01. The van der Waals surface area contributed by atoms with Crippen molar-refractivity contribution in [1.29, 1.82) is 0 Å². The highest BCUT2D eigenvalue weighted by Gasteiger charge is 2.20. The quantitative estimate of drug-likeness (QED) is 0.168. The number of hydrogen-bond acceptors (Lipinski definition) is 2. The number of thiophene rings is 1. The Kier molecular flexibility index (Phi) is 7.48. The van der Waals surface area contributed by atoms with Crippen molar-refractivity contribution >= 4 is 70.4 Å². The minimum Gasteiger partial charge on any atom is -0.310 e. The fraction of sp³-hybridized carbons (Fsp3) is 0.0400. The number of para-hydroxylation sites is 2. The van der Waals surface area contributed by atoms with Crippen molar-refractivity contribution in [2.45, 2.75) is 13.8 Å². The zero-order valence-electron chi connectivity index (χ0n) is 29.6. The van der Waals surface area contributed by atoms with Crippen molar-refractivity contribution in [3.63, 3.8) is 0 Å². The summed E-state index contributed by atoms with van der Waals surface area (Å²) >= 11 is 1.88. The van der Waals surface area contributed by atoms with E-state index in [-0.39, 0.29) is 0 Å². The Balaban J connectivity index is 1.21. The molecule has 0 radical (unpaired) electrons. The lowest BCUT2D eigenvalue weighted by atomic mass is 9.98. The number of fused-ring (bicyclic) bond motifs is 6. The first-order chi connectivity index (χ1) is 26.1. The SMILES string of the molecule is Cc1cccc(N(c2ccc(-c3ccccc3)c(C)c2)c2cc(-c3cccc(-n4c5ccccc5c5ccccc54)c3)c3sc4ccccc4c3c2)c1. The first-order valence-electron chi connectivity index (χ1n) is 18.2. The fourth-order valence-corrected chi connectivity index (χ4v) is 9.33. The molecule has 0 N–H and O–H groups in total. The smallest absolute Gasteiger partial charge is 0.0541 e. The molecule has 0 fully saturated rings. The number of aromatic nitrogens is 1. The average Bonchev–Trinajstić information content (AvgIpc) is 3.74. The van der Waals surface area contributed by atoms with Crippen LogP contribution in [0.15, 0.2) is 182 Å². The van der Waals surface area contributed by atoms with Crippen LogP contribution in [0.25, 0.3) is 69.9 Å². The predicted octanol–water partition coefficient (Wildman–Crippen LogP) is 14.6. The van der Waals surface area contributed by atoms with Crippen molar-refractivity contribution in [3.8, 4) is 27.9 Å². The molecule has 53 heavy (non-hydrogen) atoms. The van der Waals surface area contributed by atoms with Crippen molar-refractivity contribution in [1.82, 2.24) is 4.57 Å². The molecule has 0 aliphatic heterocycles. The van der Waals surface area contributed by atoms with Crippen molar-refractivity contribution in [2.75, 3.05) is 4.90 Å². The molecule has 0 aliphatic carbocycles. The molecule has 0 aliphatic rings. The molecule has 0 unspecified atom stereocenters. The molecular weight excluding hydrogens is 661 g/mol. The minimum absolute atomic E-state index is 1.13. The first kappa shape index (κ1) is 31.3. The number of aryl methyl sites for hydroxylation is 2. The summed E-state index contributed by atoms with van der Waals surface area (Å²) in [5, 5.41) is 5.10. The normalized spacial score (nSPS) is 11.6. The summed E-state index contributed by atoms with van der Waals surface area (Å²) in [7, 11) is 0. The zero-order valence-corrected chi connectivity index (χ0v) is 30.4. The molecule has 0 spiro atoms. The monoisotopic (exact) mass is 696 g/mol. The predicted molar refractivity (Wildman–Crippen MR) is 229 cm³/mol. The Bertz CT molecular complexity index is 2930. The molecule has 0 amide bonds. The zero-order chi connectivity index (χ0) is 35.5. The third-order valence-corrected chi connectivity index (χ3v) is 11.7. The maximum atomic E-state index is 2.43.